The van der Waals surface area contributed by atoms with Crippen molar-refractivity contribution in [2.75, 3.05) is 13.1 Å². The van der Waals surface area contributed by atoms with Crippen LogP contribution >= 0.6 is 0 Å². The highest BCUT2D eigenvalue weighted by molar-refractivity contribution is 4.95. The van der Waals surface area contributed by atoms with Crippen LogP contribution in [0.15, 0.2) is 12.7 Å². The van der Waals surface area contributed by atoms with Crippen LogP contribution in [0.5, 0.6) is 0 Å². The number of nitrogens with zero attached hydrogens (tertiary/aromatic N) is 1. The molecular formula is C10H19N. The van der Waals surface area contributed by atoms with Gasteiger partial charge in [-0.05, 0) is 39.3 Å². The fourth-order valence-corrected chi connectivity index (χ4v) is 2.16. The molecule has 0 aromatic heterocycles. The van der Waals surface area contributed by atoms with E-state index in [-0.39, 0.29) is 0 Å². The summed E-state index contributed by atoms with van der Waals surface area (Å²) in [5.41, 5.74) is 0.427. The highest BCUT2D eigenvalue weighted by atomic mass is 15.2. The second-order valence-electron chi connectivity index (χ2n) is 3.67. The second kappa shape index (κ2) is 3.40. The maximum atomic E-state index is 3.81. The molecule has 0 amide bonds. The molecule has 0 N–H and O–H groups in total. The Morgan fingerprint density at radius 1 is 1.64 bits per heavy atom. The summed E-state index contributed by atoms with van der Waals surface area (Å²) in [5.74, 6) is 0. The fraction of sp³-hybridized carbons (Fsp3) is 0.800. The van der Waals surface area contributed by atoms with E-state index < -0.39 is 0 Å². The van der Waals surface area contributed by atoms with E-state index in [0.717, 1.165) is 6.42 Å². The molecule has 1 nitrogen and oxygen atoms in total. The summed E-state index contributed by atoms with van der Waals surface area (Å²) in [4.78, 5) is 2.56. The molecule has 0 aromatic rings. The van der Waals surface area contributed by atoms with Gasteiger partial charge in [-0.1, -0.05) is 13.0 Å². The highest BCUT2D eigenvalue weighted by Crippen LogP contribution is 2.31. The van der Waals surface area contributed by atoms with Gasteiger partial charge in [0.15, 0.2) is 0 Å². The van der Waals surface area contributed by atoms with Gasteiger partial charge in [-0.25, -0.2) is 0 Å². The number of hydrogen-bond donors (Lipinski definition) is 0. The SMILES string of the molecule is C=CC[C@]1(C)CCCN1CC. The summed E-state index contributed by atoms with van der Waals surface area (Å²) in [6.07, 6.45) is 5.89. The third kappa shape index (κ3) is 1.64. The average molecular weight is 153 g/mol. The average Bonchev–Trinajstić information content (AvgIpc) is 2.31. The minimum Gasteiger partial charge on any atom is -0.298 e. The first kappa shape index (κ1) is 8.79. The van der Waals surface area contributed by atoms with E-state index in [1.807, 2.05) is 6.08 Å². The summed E-state index contributed by atoms with van der Waals surface area (Å²) in [7, 11) is 0. The van der Waals surface area contributed by atoms with Crippen molar-refractivity contribution < 1.29 is 0 Å². The molecule has 1 atom stereocenters. The Hall–Kier alpha value is -0.300. The largest absolute Gasteiger partial charge is 0.298 e. The Morgan fingerprint density at radius 2 is 2.36 bits per heavy atom. The minimum atomic E-state index is 0.427. The lowest BCUT2D eigenvalue weighted by Crippen LogP contribution is -2.40. The molecule has 1 aliphatic rings. The van der Waals surface area contributed by atoms with Crippen molar-refractivity contribution in [3.05, 3.63) is 12.7 Å². The molecule has 64 valence electrons. The Morgan fingerprint density at radius 3 is 2.91 bits per heavy atom. The highest BCUT2D eigenvalue weighted by Gasteiger charge is 2.33. The van der Waals surface area contributed by atoms with Crippen LogP contribution in [0.25, 0.3) is 0 Å². The van der Waals surface area contributed by atoms with Gasteiger partial charge in [-0.2, -0.15) is 0 Å². The van der Waals surface area contributed by atoms with Crippen molar-refractivity contribution in [1.29, 1.82) is 0 Å². The summed E-state index contributed by atoms with van der Waals surface area (Å²) < 4.78 is 0. The molecule has 0 aromatic carbocycles. The molecule has 0 aliphatic carbocycles. The molecule has 0 saturated carbocycles. The standard InChI is InChI=1S/C10H19N/c1-4-7-10(3)8-6-9-11(10)5-2/h4H,1,5-9H2,2-3H3/t10-/m1/s1. The maximum absolute atomic E-state index is 3.81. The zero-order chi connectivity index (χ0) is 8.32. The minimum absolute atomic E-state index is 0.427. The van der Waals surface area contributed by atoms with Crippen molar-refractivity contribution in [2.45, 2.75) is 38.6 Å². The topological polar surface area (TPSA) is 3.24 Å². The van der Waals surface area contributed by atoms with Crippen LogP contribution in [-0.4, -0.2) is 23.5 Å². The predicted octanol–water partition coefficient (Wildman–Crippen LogP) is 2.44. The van der Waals surface area contributed by atoms with Gasteiger partial charge in [0.05, 0.1) is 0 Å². The first-order valence-electron chi connectivity index (χ1n) is 4.59. The molecule has 0 bridgehead atoms. The molecule has 1 fully saturated rings. The Balaban J connectivity index is 2.58. The van der Waals surface area contributed by atoms with E-state index in [0.29, 0.717) is 5.54 Å². The van der Waals surface area contributed by atoms with Crippen LogP contribution in [0.1, 0.15) is 33.1 Å². The van der Waals surface area contributed by atoms with E-state index in [2.05, 4.69) is 25.3 Å². The molecule has 0 spiro atoms. The van der Waals surface area contributed by atoms with Crippen LogP contribution in [0.2, 0.25) is 0 Å². The van der Waals surface area contributed by atoms with Crippen molar-refractivity contribution in [3.63, 3.8) is 0 Å². The number of hydrogen-bond acceptors (Lipinski definition) is 1. The predicted molar refractivity (Wildman–Crippen MR) is 49.7 cm³/mol. The van der Waals surface area contributed by atoms with E-state index in [9.17, 15) is 0 Å². The third-order valence-electron chi connectivity index (χ3n) is 2.87. The van der Waals surface area contributed by atoms with Gasteiger partial charge in [-0.3, -0.25) is 4.90 Å². The molecule has 1 rings (SSSR count). The Labute approximate surface area is 70.1 Å². The van der Waals surface area contributed by atoms with Crippen LogP contribution in [0.4, 0.5) is 0 Å². The smallest absolute Gasteiger partial charge is 0.0216 e. The van der Waals surface area contributed by atoms with Gasteiger partial charge in [-0.15, -0.1) is 6.58 Å². The molecular weight excluding hydrogens is 134 g/mol. The van der Waals surface area contributed by atoms with Crippen LogP contribution in [0.3, 0.4) is 0 Å². The lowest BCUT2D eigenvalue weighted by atomic mass is 9.95. The van der Waals surface area contributed by atoms with Gasteiger partial charge >= 0.3 is 0 Å². The van der Waals surface area contributed by atoms with E-state index in [1.165, 1.54) is 25.9 Å². The van der Waals surface area contributed by atoms with Crippen molar-refractivity contribution in [1.82, 2.24) is 4.90 Å². The molecule has 0 radical (unpaired) electrons. The number of rotatable bonds is 3. The normalized spacial score (nSPS) is 32.5. The summed E-state index contributed by atoms with van der Waals surface area (Å²) in [6.45, 7) is 10.9. The molecule has 1 heteroatoms. The van der Waals surface area contributed by atoms with Gasteiger partial charge in [0.1, 0.15) is 0 Å². The summed E-state index contributed by atoms with van der Waals surface area (Å²) in [6, 6.07) is 0. The molecule has 1 aliphatic heterocycles. The summed E-state index contributed by atoms with van der Waals surface area (Å²) in [5, 5.41) is 0. The zero-order valence-electron chi connectivity index (χ0n) is 7.77. The Kier molecular flexibility index (Phi) is 2.72. The monoisotopic (exact) mass is 153 g/mol. The fourth-order valence-electron chi connectivity index (χ4n) is 2.16. The summed E-state index contributed by atoms with van der Waals surface area (Å²) >= 11 is 0. The van der Waals surface area contributed by atoms with Gasteiger partial charge in [0.2, 0.25) is 0 Å². The van der Waals surface area contributed by atoms with Crippen molar-refractivity contribution >= 4 is 0 Å². The lowest BCUT2D eigenvalue weighted by molar-refractivity contribution is 0.167. The van der Waals surface area contributed by atoms with E-state index in [4.69, 9.17) is 0 Å². The van der Waals surface area contributed by atoms with Crippen molar-refractivity contribution in [3.8, 4) is 0 Å². The second-order valence-corrected chi connectivity index (χ2v) is 3.67. The lowest BCUT2D eigenvalue weighted by Gasteiger charge is -2.33. The zero-order valence-corrected chi connectivity index (χ0v) is 7.77. The van der Waals surface area contributed by atoms with E-state index >= 15 is 0 Å². The van der Waals surface area contributed by atoms with Gasteiger partial charge in [0, 0.05) is 5.54 Å². The molecule has 1 heterocycles. The first-order chi connectivity index (χ1) is 5.23. The molecule has 11 heavy (non-hydrogen) atoms. The molecule has 0 unspecified atom stereocenters. The first-order valence-corrected chi connectivity index (χ1v) is 4.59. The maximum Gasteiger partial charge on any atom is 0.0216 e. The van der Waals surface area contributed by atoms with Gasteiger partial charge in [0.25, 0.3) is 0 Å². The van der Waals surface area contributed by atoms with Crippen LogP contribution in [0, 0.1) is 0 Å². The van der Waals surface area contributed by atoms with Crippen LogP contribution < -0.4 is 0 Å². The Bertz CT molecular complexity index is 142. The molecule has 1 saturated heterocycles. The third-order valence-corrected chi connectivity index (χ3v) is 2.87. The quantitative estimate of drug-likeness (QED) is 0.563. The van der Waals surface area contributed by atoms with Crippen LogP contribution in [-0.2, 0) is 0 Å². The number of likely N-dealkylation sites (tertiary alicyclic amines) is 1. The van der Waals surface area contributed by atoms with Crippen molar-refractivity contribution in [2.24, 2.45) is 0 Å². The van der Waals surface area contributed by atoms with Gasteiger partial charge < -0.3 is 0 Å². The van der Waals surface area contributed by atoms with E-state index in [1.54, 1.807) is 0 Å².